The molecule has 1 heterocycles. The van der Waals surface area contributed by atoms with Crippen LogP contribution in [0, 0.1) is 6.92 Å². The largest absolute Gasteiger partial charge is 0.489 e. The summed E-state index contributed by atoms with van der Waals surface area (Å²) in [4.78, 5) is 53.7. The van der Waals surface area contributed by atoms with Gasteiger partial charge in [-0.1, -0.05) is 84.9 Å². The van der Waals surface area contributed by atoms with Crippen LogP contribution in [0.4, 0.5) is 11.4 Å². The van der Waals surface area contributed by atoms with E-state index in [2.05, 4.69) is 16.0 Å². The van der Waals surface area contributed by atoms with Gasteiger partial charge in [0.2, 0.25) is 5.91 Å². The maximum absolute atomic E-state index is 13.7. The van der Waals surface area contributed by atoms with Crippen LogP contribution < -0.4 is 26.2 Å². The summed E-state index contributed by atoms with van der Waals surface area (Å²) in [5.74, 6) is -0.626. The lowest BCUT2D eigenvalue weighted by atomic mass is 10.1. The maximum Gasteiger partial charge on any atom is 0.295 e. The highest BCUT2D eigenvalue weighted by Crippen LogP contribution is 2.23. The molecule has 0 unspecified atom stereocenters. The molecule has 6 aromatic rings. The Morgan fingerprint density at radius 1 is 0.774 bits per heavy atom. The van der Waals surface area contributed by atoms with Gasteiger partial charge in [0.15, 0.2) is 0 Å². The molecule has 0 radical (unpaired) electrons. The number of anilines is 2. The lowest BCUT2D eigenvalue weighted by molar-refractivity contribution is -0.114. The molecule has 10 nitrogen and oxygen atoms in total. The molecule has 0 aliphatic carbocycles. The Morgan fingerprint density at radius 3 is 2.13 bits per heavy atom. The molecule has 5 aromatic carbocycles. The first kappa shape index (κ1) is 36.2. The average molecular weight is 724 g/mol. The number of hydrogen-bond acceptors (Lipinski definition) is 6. The second-order valence-electron chi connectivity index (χ2n) is 12.0. The van der Waals surface area contributed by atoms with Crippen LogP contribution in [0.2, 0.25) is 0 Å². The van der Waals surface area contributed by atoms with Crippen LogP contribution in [-0.2, 0) is 23.2 Å². The summed E-state index contributed by atoms with van der Waals surface area (Å²) in [6, 6.07) is 41.9. The van der Waals surface area contributed by atoms with E-state index in [0.717, 1.165) is 10.5 Å². The number of amides is 3. The summed E-state index contributed by atoms with van der Waals surface area (Å²) in [6.45, 7) is 2.19. The summed E-state index contributed by atoms with van der Waals surface area (Å²) in [5.41, 5.74) is 3.83. The molecule has 0 aliphatic rings. The van der Waals surface area contributed by atoms with E-state index in [4.69, 9.17) is 4.74 Å². The van der Waals surface area contributed by atoms with E-state index < -0.39 is 11.8 Å². The van der Waals surface area contributed by atoms with Crippen LogP contribution in [0.3, 0.4) is 0 Å². The summed E-state index contributed by atoms with van der Waals surface area (Å²) in [5, 5.41) is 8.40. The normalized spacial score (nSPS) is 11.1. The predicted molar refractivity (Wildman–Crippen MR) is 209 cm³/mol. The Hall–Kier alpha value is -6.59. The monoisotopic (exact) mass is 723 g/mol. The molecule has 0 fully saturated rings. The van der Waals surface area contributed by atoms with Crippen LogP contribution in [0.25, 0.3) is 11.8 Å². The molecule has 0 aliphatic heterocycles. The van der Waals surface area contributed by atoms with Crippen molar-refractivity contribution in [1.82, 2.24) is 14.7 Å². The first-order valence-electron chi connectivity index (χ1n) is 16.8. The van der Waals surface area contributed by atoms with Crippen molar-refractivity contribution in [3.8, 4) is 11.4 Å². The molecule has 53 heavy (non-hydrogen) atoms. The van der Waals surface area contributed by atoms with Crippen molar-refractivity contribution in [3.63, 3.8) is 0 Å². The number of para-hydroxylation sites is 1. The van der Waals surface area contributed by atoms with Crippen LogP contribution in [0.15, 0.2) is 155 Å². The molecule has 11 heteroatoms. The minimum absolute atomic E-state index is 0.0276. The van der Waals surface area contributed by atoms with Crippen molar-refractivity contribution >= 4 is 46.9 Å². The van der Waals surface area contributed by atoms with E-state index in [0.29, 0.717) is 40.6 Å². The molecular formula is C42H37N5O5S. The van der Waals surface area contributed by atoms with Crippen molar-refractivity contribution in [1.29, 1.82) is 0 Å². The number of hydrogen-bond donors (Lipinski definition) is 3. The Bertz CT molecular complexity index is 2300. The highest BCUT2D eigenvalue weighted by Gasteiger charge is 2.19. The number of carbonyl (C=O) groups excluding carboxylic acids is 3. The van der Waals surface area contributed by atoms with Gasteiger partial charge in [-0.2, -0.15) is 0 Å². The minimum Gasteiger partial charge on any atom is -0.489 e. The van der Waals surface area contributed by atoms with Crippen LogP contribution in [-0.4, -0.2) is 32.8 Å². The molecule has 266 valence electrons. The number of nitrogens with zero attached hydrogens (tertiary/aromatic N) is 2. The maximum atomic E-state index is 13.7. The van der Waals surface area contributed by atoms with Gasteiger partial charge >= 0.3 is 0 Å². The first-order chi connectivity index (χ1) is 25.7. The Kier molecular flexibility index (Phi) is 11.7. The van der Waals surface area contributed by atoms with Gasteiger partial charge in [-0.3, -0.25) is 23.9 Å². The Balaban J connectivity index is 1.12. The standard InChI is InChI=1S/C42H37N5O5S/c1-29-39(42(51)47(46(29)2)34-18-10-5-11-19-34)45-38(48)28-53-36-20-12-17-33(26-36)43-41(50)37(44-40(49)32-15-8-4-9-16-32)25-30-21-23-35(24-22-30)52-27-31-13-6-3-7-14-31/h3-26H,27-28H2,1-2H3,(H,43,50)(H,44,49)(H,45,48)/b37-25+. The molecule has 3 amide bonds. The van der Waals surface area contributed by atoms with Gasteiger partial charge in [-0.25, -0.2) is 4.68 Å². The predicted octanol–water partition coefficient (Wildman–Crippen LogP) is 7.20. The van der Waals surface area contributed by atoms with E-state index in [1.165, 1.54) is 16.4 Å². The van der Waals surface area contributed by atoms with Crippen LogP contribution >= 0.6 is 11.8 Å². The van der Waals surface area contributed by atoms with Crippen LogP contribution in [0.5, 0.6) is 5.75 Å². The molecule has 1 aromatic heterocycles. The van der Waals surface area contributed by atoms with E-state index in [-0.39, 0.29) is 28.6 Å². The number of aromatic nitrogens is 2. The molecule has 0 atom stereocenters. The Morgan fingerprint density at radius 2 is 1.43 bits per heavy atom. The average Bonchev–Trinajstić information content (AvgIpc) is 3.40. The lowest BCUT2D eigenvalue weighted by Gasteiger charge is -2.12. The minimum atomic E-state index is -0.534. The molecule has 6 rings (SSSR count). The number of benzene rings is 5. The fraction of sp³-hybridized carbons (Fsp3) is 0.0952. The third kappa shape index (κ3) is 9.40. The zero-order valence-electron chi connectivity index (χ0n) is 29.1. The summed E-state index contributed by atoms with van der Waals surface area (Å²) in [6.07, 6.45) is 1.59. The zero-order valence-corrected chi connectivity index (χ0v) is 29.9. The molecule has 0 saturated carbocycles. The fourth-order valence-electron chi connectivity index (χ4n) is 5.41. The molecule has 3 N–H and O–H groups in total. The fourth-order valence-corrected chi connectivity index (χ4v) is 6.16. The summed E-state index contributed by atoms with van der Waals surface area (Å²) in [7, 11) is 1.76. The van der Waals surface area contributed by atoms with Gasteiger partial charge in [0.1, 0.15) is 23.7 Å². The van der Waals surface area contributed by atoms with Gasteiger partial charge in [-0.05, 0) is 78.7 Å². The van der Waals surface area contributed by atoms with Gasteiger partial charge in [-0.15, -0.1) is 11.8 Å². The van der Waals surface area contributed by atoms with Crippen molar-refractivity contribution < 1.29 is 19.1 Å². The Labute approximate surface area is 311 Å². The second kappa shape index (κ2) is 17.1. The number of nitrogens with one attached hydrogen (secondary N) is 3. The number of rotatable bonds is 13. The number of thioether (sulfide) groups is 1. The zero-order chi connectivity index (χ0) is 37.2. The van der Waals surface area contributed by atoms with Gasteiger partial charge < -0.3 is 20.7 Å². The smallest absolute Gasteiger partial charge is 0.295 e. The van der Waals surface area contributed by atoms with Crippen molar-refractivity contribution in [3.05, 3.63) is 178 Å². The van der Waals surface area contributed by atoms with Crippen molar-refractivity contribution in [2.75, 3.05) is 16.4 Å². The highest BCUT2D eigenvalue weighted by atomic mass is 32.2. The lowest BCUT2D eigenvalue weighted by Crippen LogP contribution is -2.30. The van der Waals surface area contributed by atoms with Gasteiger partial charge in [0, 0.05) is 23.2 Å². The number of ether oxygens (including phenoxy) is 1. The molecule has 0 bridgehead atoms. The van der Waals surface area contributed by atoms with E-state index in [1.54, 1.807) is 97.5 Å². The molecule has 0 spiro atoms. The van der Waals surface area contributed by atoms with Crippen molar-refractivity contribution in [2.45, 2.75) is 18.4 Å². The highest BCUT2D eigenvalue weighted by molar-refractivity contribution is 8.00. The second-order valence-corrected chi connectivity index (χ2v) is 13.0. The van der Waals surface area contributed by atoms with Crippen molar-refractivity contribution in [2.24, 2.45) is 7.05 Å². The van der Waals surface area contributed by atoms with E-state index in [1.807, 2.05) is 66.7 Å². The van der Waals surface area contributed by atoms with Crippen LogP contribution in [0.1, 0.15) is 27.2 Å². The van der Waals surface area contributed by atoms with Gasteiger partial charge in [0.25, 0.3) is 17.4 Å². The topological polar surface area (TPSA) is 123 Å². The third-order valence-electron chi connectivity index (χ3n) is 8.25. The summed E-state index contributed by atoms with van der Waals surface area (Å²) >= 11 is 1.26. The van der Waals surface area contributed by atoms with Gasteiger partial charge in [0.05, 0.1) is 17.1 Å². The third-order valence-corrected chi connectivity index (χ3v) is 9.24. The van der Waals surface area contributed by atoms with E-state index in [9.17, 15) is 19.2 Å². The molecule has 0 saturated heterocycles. The first-order valence-corrected chi connectivity index (χ1v) is 17.8. The molecular weight excluding hydrogens is 687 g/mol. The van der Waals surface area contributed by atoms with E-state index >= 15 is 0 Å². The SMILES string of the molecule is Cc1c(NC(=O)CSc2cccc(NC(=O)/C(=C\c3ccc(OCc4ccccc4)cc3)NC(=O)c3ccccc3)c2)c(=O)n(-c2ccccc2)n1C. The quantitative estimate of drug-likeness (QED) is 0.0856. The number of carbonyl (C=O) groups is 3. The summed E-state index contributed by atoms with van der Waals surface area (Å²) < 4.78 is 9.10.